The number of methoxy groups -OCH3 is 1. The summed E-state index contributed by atoms with van der Waals surface area (Å²) < 4.78 is 49.4. The molecule has 7 heteroatoms. The first-order valence-electron chi connectivity index (χ1n) is 6.28. The Balaban J connectivity index is 2.74. The minimum atomic E-state index is -1.42. The van der Waals surface area contributed by atoms with Gasteiger partial charge in [-0.05, 0) is 25.0 Å². The van der Waals surface area contributed by atoms with Crippen molar-refractivity contribution in [3.63, 3.8) is 0 Å². The van der Waals surface area contributed by atoms with Crippen LogP contribution in [-0.2, 0) is 20.7 Å². The Morgan fingerprint density at radius 1 is 1.19 bits per heavy atom. The predicted octanol–water partition coefficient (Wildman–Crippen LogP) is 2.57. The van der Waals surface area contributed by atoms with Crippen LogP contribution in [0.25, 0.3) is 0 Å². The van der Waals surface area contributed by atoms with E-state index in [2.05, 4.69) is 9.47 Å². The Labute approximate surface area is 119 Å². The lowest BCUT2D eigenvalue weighted by Crippen LogP contribution is -2.12. The molecule has 1 aromatic rings. The minimum Gasteiger partial charge on any atom is -0.491 e. The summed E-state index contributed by atoms with van der Waals surface area (Å²) in [6.45, 7) is 1.76. The van der Waals surface area contributed by atoms with Gasteiger partial charge in [0.25, 0.3) is 0 Å². The standard InChI is InChI=1S/C14H15F3O4/c1-3-21-11(19)7-9(18)5-4-8-6-10(15)13(17)14(20-2)12(8)16/h6H,3-5,7H2,1-2H3. The van der Waals surface area contributed by atoms with E-state index in [-0.39, 0.29) is 25.0 Å². The Morgan fingerprint density at radius 2 is 1.86 bits per heavy atom. The lowest BCUT2D eigenvalue weighted by molar-refractivity contribution is -0.145. The van der Waals surface area contributed by atoms with Crippen LogP contribution >= 0.6 is 0 Å². The van der Waals surface area contributed by atoms with Crippen molar-refractivity contribution in [1.29, 1.82) is 0 Å². The number of halogens is 3. The molecular weight excluding hydrogens is 289 g/mol. The van der Waals surface area contributed by atoms with E-state index in [0.29, 0.717) is 6.07 Å². The van der Waals surface area contributed by atoms with Crippen molar-refractivity contribution in [2.24, 2.45) is 0 Å². The minimum absolute atomic E-state index is 0.154. The van der Waals surface area contributed by atoms with E-state index >= 15 is 0 Å². The number of hydrogen-bond acceptors (Lipinski definition) is 4. The van der Waals surface area contributed by atoms with E-state index in [1.165, 1.54) is 0 Å². The van der Waals surface area contributed by atoms with E-state index in [4.69, 9.17) is 0 Å². The fraction of sp³-hybridized carbons (Fsp3) is 0.429. The number of ketones is 1. The van der Waals surface area contributed by atoms with Gasteiger partial charge in [-0.15, -0.1) is 0 Å². The van der Waals surface area contributed by atoms with Crippen LogP contribution in [0.2, 0.25) is 0 Å². The molecule has 0 amide bonds. The first-order chi connectivity index (χ1) is 9.90. The molecule has 0 aliphatic rings. The number of carbonyl (C=O) groups excluding carboxylic acids is 2. The Kier molecular flexibility index (Phi) is 6.20. The van der Waals surface area contributed by atoms with E-state index in [0.717, 1.165) is 7.11 Å². The van der Waals surface area contributed by atoms with Crippen molar-refractivity contribution < 1.29 is 32.2 Å². The summed E-state index contributed by atoms with van der Waals surface area (Å²) in [4.78, 5) is 22.6. The summed E-state index contributed by atoms with van der Waals surface area (Å²) in [6, 6.07) is 0.671. The molecule has 1 rings (SSSR count). The third-order valence-corrected chi connectivity index (χ3v) is 2.72. The summed E-state index contributed by atoms with van der Waals surface area (Å²) in [5.74, 6) is -5.72. The van der Waals surface area contributed by atoms with Crippen molar-refractivity contribution in [2.45, 2.75) is 26.2 Å². The number of rotatable bonds is 7. The van der Waals surface area contributed by atoms with Gasteiger partial charge in [-0.1, -0.05) is 0 Å². The molecule has 0 aliphatic carbocycles. The molecule has 0 N–H and O–H groups in total. The lowest BCUT2D eigenvalue weighted by atomic mass is 10.0. The molecule has 0 radical (unpaired) electrons. The zero-order valence-corrected chi connectivity index (χ0v) is 11.7. The molecule has 116 valence electrons. The first kappa shape index (κ1) is 17.0. The van der Waals surface area contributed by atoms with Crippen molar-refractivity contribution >= 4 is 11.8 Å². The van der Waals surface area contributed by atoms with Gasteiger partial charge in [0, 0.05) is 6.42 Å². The van der Waals surface area contributed by atoms with E-state index in [1.54, 1.807) is 6.92 Å². The van der Waals surface area contributed by atoms with Gasteiger partial charge < -0.3 is 9.47 Å². The fourth-order valence-electron chi connectivity index (χ4n) is 1.73. The van der Waals surface area contributed by atoms with Gasteiger partial charge in [-0.2, -0.15) is 4.39 Å². The molecule has 0 aliphatic heterocycles. The Hall–Kier alpha value is -2.05. The van der Waals surface area contributed by atoms with E-state index in [9.17, 15) is 22.8 Å². The topological polar surface area (TPSA) is 52.6 Å². The fourth-order valence-corrected chi connectivity index (χ4v) is 1.73. The smallest absolute Gasteiger partial charge is 0.313 e. The van der Waals surface area contributed by atoms with Crippen molar-refractivity contribution in [3.05, 3.63) is 29.1 Å². The molecule has 4 nitrogen and oxygen atoms in total. The molecule has 0 atom stereocenters. The molecule has 0 saturated carbocycles. The number of benzene rings is 1. The van der Waals surface area contributed by atoms with Crippen LogP contribution in [-0.4, -0.2) is 25.5 Å². The summed E-state index contributed by atoms with van der Waals surface area (Å²) >= 11 is 0. The van der Waals surface area contributed by atoms with Gasteiger partial charge in [-0.3, -0.25) is 9.59 Å². The highest BCUT2D eigenvalue weighted by molar-refractivity contribution is 5.95. The maximum absolute atomic E-state index is 13.8. The molecule has 1 aromatic carbocycles. The zero-order chi connectivity index (χ0) is 16.0. The molecule has 0 heterocycles. The molecular formula is C14H15F3O4. The molecule has 0 aromatic heterocycles. The van der Waals surface area contributed by atoms with Crippen LogP contribution in [0.5, 0.6) is 5.75 Å². The second-order valence-corrected chi connectivity index (χ2v) is 4.20. The predicted molar refractivity (Wildman–Crippen MR) is 67.4 cm³/mol. The van der Waals surface area contributed by atoms with Gasteiger partial charge in [0.2, 0.25) is 5.82 Å². The monoisotopic (exact) mass is 304 g/mol. The van der Waals surface area contributed by atoms with Crippen LogP contribution in [0.4, 0.5) is 13.2 Å². The Morgan fingerprint density at radius 3 is 2.43 bits per heavy atom. The molecule has 0 saturated heterocycles. The van der Waals surface area contributed by atoms with Gasteiger partial charge >= 0.3 is 5.97 Å². The highest BCUT2D eigenvalue weighted by Crippen LogP contribution is 2.27. The van der Waals surface area contributed by atoms with Crippen LogP contribution in [0.15, 0.2) is 6.07 Å². The number of hydrogen-bond donors (Lipinski definition) is 0. The number of ether oxygens (including phenoxy) is 2. The average Bonchev–Trinajstić information content (AvgIpc) is 2.42. The third-order valence-electron chi connectivity index (χ3n) is 2.72. The van der Waals surface area contributed by atoms with Gasteiger partial charge in [0.05, 0.1) is 13.7 Å². The number of carbonyl (C=O) groups is 2. The van der Waals surface area contributed by atoms with Crippen LogP contribution < -0.4 is 4.74 Å². The van der Waals surface area contributed by atoms with Crippen LogP contribution in [0.3, 0.4) is 0 Å². The normalized spacial score (nSPS) is 10.3. The maximum Gasteiger partial charge on any atom is 0.313 e. The van der Waals surface area contributed by atoms with Gasteiger partial charge in [-0.25, -0.2) is 8.78 Å². The molecule has 0 fully saturated rings. The average molecular weight is 304 g/mol. The van der Waals surface area contributed by atoms with Crippen molar-refractivity contribution in [1.82, 2.24) is 0 Å². The molecule has 0 spiro atoms. The number of esters is 1. The number of Topliss-reactive ketones (excluding diaryl/α,β-unsaturated/α-hetero) is 1. The molecule has 0 unspecified atom stereocenters. The first-order valence-corrected chi connectivity index (χ1v) is 6.28. The maximum atomic E-state index is 13.8. The van der Waals surface area contributed by atoms with Crippen LogP contribution in [0, 0.1) is 17.5 Å². The highest BCUT2D eigenvalue weighted by Gasteiger charge is 2.20. The summed E-state index contributed by atoms with van der Waals surface area (Å²) in [6.07, 6.45) is -0.794. The van der Waals surface area contributed by atoms with E-state index in [1.807, 2.05) is 0 Å². The van der Waals surface area contributed by atoms with Crippen molar-refractivity contribution in [2.75, 3.05) is 13.7 Å². The van der Waals surface area contributed by atoms with Crippen LogP contribution in [0.1, 0.15) is 25.3 Å². The molecule has 21 heavy (non-hydrogen) atoms. The summed E-state index contributed by atoms with van der Waals surface area (Å²) in [5, 5.41) is 0. The Bertz CT molecular complexity index is 544. The summed E-state index contributed by atoms with van der Waals surface area (Å²) in [7, 11) is 1.01. The third kappa shape index (κ3) is 4.47. The molecule has 0 bridgehead atoms. The lowest BCUT2D eigenvalue weighted by Gasteiger charge is -2.09. The summed E-state index contributed by atoms with van der Waals surface area (Å²) in [5.41, 5.74) is -0.192. The SMILES string of the molecule is CCOC(=O)CC(=O)CCc1cc(F)c(F)c(OC)c1F. The van der Waals surface area contributed by atoms with Gasteiger partial charge in [0.1, 0.15) is 12.2 Å². The van der Waals surface area contributed by atoms with Gasteiger partial charge in [0.15, 0.2) is 17.4 Å². The highest BCUT2D eigenvalue weighted by atomic mass is 19.2. The second-order valence-electron chi connectivity index (χ2n) is 4.20. The largest absolute Gasteiger partial charge is 0.491 e. The van der Waals surface area contributed by atoms with E-state index < -0.39 is 41.4 Å². The van der Waals surface area contributed by atoms with Crippen molar-refractivity contribution in [3.8, 4) is 5.75 Å². The quantitative estimate of drug-likeness (QED) is 0.441. The second kappa shape index (κ2) is 7.66. The zero-order valence-electron chi connectivity index (χ0n) is 11.7. The number of aryl methyl sites for hydroxylation is 1.